The zero-order valence-electron chi connectivity index (χ0n) is 9.98. The highest BCUT2D eigenvalue weighted by molar-refractivity contribution is 5.97. The third-order valence-electron chi connectivity index (χ3n) is 5.09. The molecule has 4 unspecified atom stereocenters. The van der Waals surface area contributed by atoms with Crippen LogP contribution in [-0.2, 0) is 0 Å². The fourth-order valence-electron chi connectivity index (χ4n) is 3.72. The fraction of sp³-hybridized carbons (Fsp3) is 0.786. The Bertz CT molecular complexity index is 318. The Morgan fingerprint density at radius 2 is 2.07 bits per heavy atom. The lowest BCUT2D eigenvalue weighted by atomic mass is 9.39. The van der Waals surface area contributed by atoms with Crippen molar-refractivity contribution in [2.24, 2.45) is 40.5 Å². The van der Waals surface area contributed by atoms with E-state index in [-0.39, 0.29) is 0 Å². The summed E-state index contributed by atoms with van der Waals surface area (Å²) in [6.45, 7) is 8.05. The summed E-state index contributed by atoms with van der Waals surface area (Å²) in [7, 11) is 0. The quantitative estimate of drug-likeness (QED) is 0.653. The van der Waals surface area contributed by atoms with Crippen LogP contribution in [0.4, 0.5) is 0 Å². The van der Waals surface area contributed by atoms with Gasteiger partial charge in [-0.25, -0.2) is 0 Å². The smallest absolute Gasteiger partial charge is 0.0452 e. The molecule has 1 nitrogen and oxygen atoms in total. The number of allylic oxidation sites excluding steroid dienone is 1. The maximum atomic E-state index is 4.72. The van der Waals surface area contributed by atoms with Crippen molar-refractivity contribution in [1.82, 2.24) is 0 Å². The summed E-state index contributed by atoms with van der Waals surface area (Å²) in [4.78, 5) is 4.72. The van der Waals surface area contributed by atoms with Gasteiger partial charge in [-0.1, -0.05) is 26.8 Å². The number of rotatable bonds is 2. The van der Waals surface area contributed by atoms with Crippen molar-refractivity contribution in [2.45, 2.75) is 27.2 Å². The van der Waals surface area contributed by atoms with E-state index >= 15 is 0 Å². The minimum absolute atomic E-state index is 0.649. The lowest BCUT2D eigenvalue weighted by molar-refractivity contribution is -0.165. The molecule has 4 aliphatic rings. The predicted octanol–water partition coefficient (Wildman–Crippen LogP) is 3.17. The van der Waals surface area contributed by atoms with Gasteiger partial charge in [-0.3, -0.25) is 4.99 Å². The Hall–Kier alpha value is -0.590. The normalized spacial score (nSPS) is 49.0. The molecular formula is C14H21N. The minimum atomic E-state index is 0.649. The number of dihydropyridines is 1. The third-order valence-corrected chi connectivity index (χ3v) is 5.09. The SMILES string of the molecule is CC1C=CC(C(C)[C@H]2C3CC2[C@@H]3C)=NC1. The van der Waals surface area contributed by atoms with Crippen molar-refractivity contribution in [1.29, 1.82) is 0 Å². The van der Waals surface area contributed by atoms with E-state index in [4.69, 9.17) is 4.99 Å². The summed E-state index contributed by atoms with van der Waals surface area (Å²) in [6, 6.07) is 0. The summed E-state index contributed by atoms with van der Waals surface area (Å²) in [5.74, 6) is 5.41. The first-order valence-electron chi connectivity index (χ1n) is 6.41. The average molecular weight is 203 g/mol. The lowest BCUT2D eigenvalue weighted by Crippen LogP contribution is -2.61. The molecule has 3 saturated carbocycles. The van der Waals surface area contributed by atoms with Crippen molar-refractivity contribution < 1.29 is 0 Å². The van der Waals surface area contributed by atoms with Gasteiger partial charge in [0.1, 0.15) is 0 Å². The van der Waals surface area contributed by atoms with E-state index in [1.807, 2.05) is 0 Å². The van der Waals surface area contributed by atoms with Crippen LogP contribution in [0, 0.1) is 35.5 Å². The van der Waals surface area contributed by atoms with Gasteiger partial charge in [-0.05, 0) is 42.1 Å². The zero-order valence-corrected chi connectivity index (χ0v) is 9.98. The molecule has 0 radical (unpaired) electrons. The molecule has 0 aromatic rings. The maximum Gasteiger partial charge on any atom is 0.0452 e. The van der Waals surface area contributed by atoms with Gasteiger partial charge in [0.2, 0.25) is 0 Å². The second kappa shape index (κ2) is 3.20. The minimum Gasteiger partial charge on any atom is -0.289 e. The van der Waals surface area contributed by atoms with Gasteiger partial charge in [-0.15, -0.1) is 0 Å². The molecular weight excluding hydrogens is 182 g/mol. The van der Waals surface area contributed by atoms with Crippen molar-refractivity contribution in [3.63, 3.8) is 0 Å². The summed E-state index contributed by atoms with van der Waals surface area (Å²) < 4.78 is 0. The van der Waals surface area contributed by atoms with Crippen molar-refractivity contribution in [3.8, 4) is 0 Å². The predicted molar refractivity (Wildman–Crippen MR) is 64.0 cm³/mol. The van der Waals surface area contributed by atoms with E-state index in [1.54, 1.807) is 0 Å². The first kappa shape index (κ1) is 9.62. The summed E-state index contributed by atoms with van der Waals surface area (Å²) >= 11 is 0. The molecule has 0 aromatic heterocycles. The topological polar surface area (TPSA) is 12.4 Å². The Balaban J connectivity index is 1.67. The van der Waals surface area contributed by atoms with Gasteiger partial charge in [0.15, 0.2) is 0 Å². The van der Waals surface area contributed by atoms with Gasteiger partial charge in [0, 0.05) is 18.2 Å². The molecule has 3 aliphatic carbocycles. The summed E-state index contributed by atoms with van der Waals surface area (Å²) in [5, 5.41) is 0. The van der Waals surface area contributed by atoms with Gasteiger partial charge in [-0.2, -0.15) is 0 Å². The van der Waals surface area contributed by atoms with Crippen LogP contribution in [0.1, 0.15) is 27.2 Å². The molecule has 2 bridgehead atoms. The third kappa shape index (κ3) is 1.25. The van der Waals surface area contributed by atoms with Crippen molar-refractivity contribution in [3.05, 3.63) is 12.2 Å². The van der Waals surface area contributed by atoms with Crippen molar-refractivity contribution >= 4 is 5.71 Å². The molecule has 0 aromatic carbocycles. The van der Waals surface area contributed by atoms with Crippen LogP contribution >= 0.6 is 0 Å². The van der Waals surface area contributed by atoms with Crippen LogP contribution in [0.2, 0.25) is 0 Å². The van der Waals surface area contributed by atoms with Gasteiger partial charge >= 0.3 is 0 Å². The van der Waals surface area contributed by atoms with Gasteiger partial charge < -0.3 is 0 Å². The molecule has 0 N–H and O–H groups in total. The molecule has 1 heterocycles. The molecule has 82 valence electrons. The van der Waals surface area contributed by atoms with Crippen LogP contribution in [-0.4, -0.2) is 12.3 Å². The second-order valence-corrected chi connectivity index (χ2v) is 5.89. The number of hydrogen-bond acceptors (Lipinski definition) is 1. The van der Waals surface area contributed by atoms with Crippen LogP contribution in [0.25, 0.3) is 0 Å². The van der Waals surface area contributed by atoms with E-state index in [0.29, 0.717) is 11.8 Å². The van der Waals surface area contributed by atoms with Gasteiger partial charge in [0.25, 0.3) is 0 Å². The summed E-state index contributed by atoms with van der Waals surface area (Å²) in [5.41, 5.74) is 1.37. The lowest BCUT2D eigenvalue weighted by Gasteiger charge is -2.66. The summed E-state index contributed by atoms with van der Waals surface area (Å²) in [6.07, 6.45) is 6.11. The molecule has 15 heavy (non-hydrogen) atoms. The Labute approximate surface area is 92.7 Å². The first-order valence-corrected chi connectivity index (χ1v) is 6.41. The Kier molecular flexibility index (Phi) is 2.05. The molecule has 1 aliphatic heterocycles. The van der Waals surface area contributed by atoms with E-state index in [1.165, 1.54) is 12.1 Å². The zero-order chi connectivity index (χ0) is 10.6. The molecule has 4 atom stereocenters. The highest BCUT2D eigenvalue weighted by atomic mass is 14.8. The fourth-order valence-corrected chi connectivity index (χ4v) is 3.72. The first-order chi connectivity index (χ1) is 7.18. The van der Waals surface area contributed by atoms with Gasteiger partial charge in [0.05, 0.1) is 0 Å². The number of hydrogen-bond donors (Lipinski definition) is 0. The van der Waals surface area contributed by atoms with E-state index in [2.05, 4.69) is 32.9 Å². The molecule has 0 amide bonds. The largest absolute Gasteiger partial charge is 0.289 e. The Morgan fingerprint density at radius 1 is 1.33 bits per heavy atom. The van der Waals surface area contributed by atoms with E-state index in [9.17, 15) is 0 Å². The monoisotopic (exact) mass is 203 g/mol. The van der Waals surface area contributed by atoms with Crippen LogP contribution < -0.4 is 0 Å². The highest BCUT2D eigenvalue weighted by Crippen LogP contribution is 2.65. The molecule has 3 fully saturated rings. The van der Waals surface area contributed by atoms with Crippen LogP contribution in [0.3, 0.4) is 0 Å². The Morgan fingerprint density at radius 3 is 2.53 bits per heavy atom. The number of aliphatic imine (C=N–C) groups is 1. The van der Waals surface area contributed by atoms with Crippen LogP contribution in [0.5, 0.6) is 0 Å². The maximum absolute atomic E-state index is 4.72. The van der Waals surface area contributed by atoms with E-state index in [0.717, 1.165) is 30.2 Å². The van der Waals surface area contributed by atoms with E-state index < -0.39 is 0 Å². The number of nitrogens with zero attached hydrogens (tertiary/aromatic N) is 1. The second-order valence-electron chi connectivity index (χ2n) is 5.89. The highest BCUT2D eigenvalue weighted by Gasteiger charge is 2.60. The molecule has 0 spiro atoms. The van der Waals surface area contributed by atoms with Crippen LogP contribution in [0.15, 0.2) is 17.1 Å². The average Bonchev–Trinajstić information content (AvgIpc) is 2.15. The van der Waals surface area contributed by atoms with Crippen molar-refractivity contribution in [2.75, 3.05) is 6.54 Å². The standard InChI is InChI=1S/C14H21N/c1-8-4-5-13(15-7-8)10(3)14-11-6-12(14)9(11)2/h4-5,8-12,14H,6-7H2,1-3H3/t8?,9-,10?,11?,12?,14+. The molecule has 0 saturated heterocycles. The molecule has 4 rings (SSSR count). The molecule has 1 heteroatoms.